The van der Waals surface area contributed by atoms with E-state index in [1.165, 1.54) is 11.3 Å². The van der Waals surface area contributed by atoms with Gasteiger partial charge in [-0.2, -0.15) is 0 Å². The molecule has 0 aliphatic rings. The summed E-state index contributed by atoms with van der Waals surface area (Å²) >= 11 is 1.48. The number of carbonyl (C=O) groups excluding carboxylic acids is 1. The maximum Gasteiger partial charge on any atom is 0.174 e. The van der Waals surface area contributed by atoms with Gasteiger partial charge in [0.15, 0.2) is 5.78 Å². The fourth-order valence-electron chi connectivity index (χ4n) is 2.50. The van der Waals surface area contributed by atoms with Crippen LogP contribution >= 0.6 is 11.3 Å². The predicted molar refractivity (Wildman–Crippen MR) is 95.0 cm³/mol. The summed E-state index contributed by atoms with van der Waals surface area (Å²) in [5.74, 6) is 0.359. The first kappa shape index (κ1) is 15.5. The van der Waals surface area contributed by atoms with Crippen LogP contribution in [0.25, 0.3) is 10.2 Å². The van der Waals surface area contributed by atoms with E-state index in [-0.39, 0.29) is 11.5 Å². The minimum atomic E-state index is 0.134. The summed E-state index contributed by atoms with van der Waals surface area (Å²) in [7, 11) is 0. The number of hydrogen-bond donors (Lipinski definition) is 2. The van der Waals surface area contributed by atoms with E-state index in [1.807, 2.05) is 32.0 Å². The molecule has 0 bridgehead atoms. The SMILES string of the molecule is CCCC(=O)c1sc2cccnc2c1Nc1ccc(O)cc1C. The van der Waals surface area contributed by atoms with E-state index in [4.69, 9.17) is 0 Å². The van der Waals surface area contributed by atoms with Crippen LogP contribution in [-0.4, -0.2) is 15.9 Å². The average molecular weight is 326 g/mol. The van der Waals surface area contributed by atoms with Gasteiger partial charge in [-0.05, 0) is 49.2 Å². The number of phenolic OH excluding ortho intramolecular Hbond substituents is 1. The number of aromatic hydroxyl groups is 1. The van der Waals surface area contributed by atoms with Gasteiger partial charge in [0, 0.05) is 18.3 Å². The van der Waals surface area contributed by atoms with Crippen molar-refractivity contribution in [1.82, 2.24) is 4.98 Å². The average Bonchev–Trinajstić information content (AvgIpc) is 2.89. The maximum atomic E-state index is 12.5. The van der Waals surface area contributed by atoms with Crippen LogP contribution < -0.4 is 5.32 Å². The molecule has 2 heterocycles. The number of phenols is 1. The molecule has 0 saturated heterocycles. The van der Waals surface area contributed by atoms with Gasteiger partial charge in [0.25, 0.3) is 0 Å². The van der Waals surface area contributed by atoms with Gasteiger partial charge in [-0.3, -0.25) is 9.78 Å². The number of nitrogens with one attached hydrogen (secondary N) is 1. The Morgan fingerprint density at radius 3 is 2.91 bits per heavy atom. The Hall–Kier alpha value is -2.40. The summed E-state index contributed by atoms with van der Waals surface area (Å²) in [6, 6.07) is 8.99. The molecule has 3 aromatic rings. The molecular weight excluding hydrogens is 308 g/mol. The molecule has 1 aromatic carbocycles. The van der Waals surface area contributed by atoms with Gasteiger partial charge >= 0.3 is 0 Å². The van der Waals surface area contributed by atoms with Gasteiger partial charge in [0.1, 0.15) is 11.3 Å². The lowest BCUT2D eigenvalue weighted by Crippen LogP contribution is -2.01. The number of fused-ring (bicyclic) bond motifs is 1. The van der Waals surface area contributed by atoms with Crippen molar-refractivity contribution in [2.45, 2.75) is 26.7 Å². The lowest BCUT2D eigenvalue weighted by atomic mass is 10.1. The zero-order chi connectivity index (χ0) is 16.4. The zero-order valence-electron chi connectivity index (χ0n) is 13.1. The van der Waals surface area contributed by atoms with Gasteiger partial charge in [0.2, 0.25) is 0 Å². The minimum Gasteiger partial charge on any atom is -0.508 e. The molecule has 3 rings (SSSR count). The van der Waals surface area contributed by atoms with E-state index in [0.29, 0.717) is 11.3 Å². The van der Waals surface area contributed by atoms with Crippen molar-refractivity contribution in [3.05, 3.63) is 47.0 Å². The number of hydrogen-bond acceptors (Lipinski definition) is 5. The van der Waals surface area contributed by atoms with Crippen molar-refractivity contribution in [2.75, 3.05) is 5.32 Å². The van der Waals surface area contributed by atoms with Crippen LogP contribution in [0, 0.1) is 6.92 Å². The van der Waals surface area contributed by atoms with Crippen molar-refractivity contribution in [2.24, 2.45) is 0 Å². The predicted octanol–water partition coefficient (Wildman–Crippen LogP) is 5.04. The number of rotatable bonds is 5. The highest BCUT2D eigenvalue weighted by atomic mass is 32.1. The van der Waals surface area contributed by atoms with Gasteiger partial charge in [-0.25, -0.2) is 0 Å². The number of anilines is 2. The molecule has 0 spiro atoms. The molecule has 0 aliphatic heterocycles. The number of benzene rings is 1. The number of aromatic nitrogens is 1. The molecule has 0 radical (unpaired) electrons. The monoisotopic (exact) mass is 326 g/mol. The number of aryl methyl sites for hydroxylation is 1. The summed E-state index contributed by atoms with van der Waals surface area (Å²) < 4.78 is 0.992. The second kappa shape index (κ2) is 6.38. The number of ketones is 1. The van der Waals surface area contributed by atoms with Gasteiger partial charge in [0.05, 0.1) is 15.3 Å². The topological polar surface area (TPSA) is 62.2 Å². The van der Waals surface area contributed by atoms with E-state index < -0.39 is 0 Å². The smallest absolute Gasteiger partial charge is 0.174 e. The summed E-state index contributed by atoms with van der Waals surface area (Å²) in [5.41, 5.74) is 3.34. The molecule has 0 saturated carbocycles. The van der Waals surface area contributed by atoms with E-state index in [1.54, 1.807) is 18.3 Å². The highest BCUT2D eigenvalue weighted by molar-refractivity contribution is 7.21. The number of pyridine rings is 1. The van der Waals surface area contributed by atoms with Crippen LogP contribution in [0.5, 0.6) is 5.75 Å². The Kier molecular flexibility index (Phi) is 4.30. The Morgan fingerprint density at radius 1 is 1.35 bits per heavy atom. The Labute approximate surface area is 138 Å². The molecule has 2 N–H and O–H groups in total. The largest absolute Gasteiger partial charge is 0.508 e. The van der Waals surface area contributed by atoms with E-state index in [2.05, 4.69) is 10.3 Å². The molecule has 0 atom stereocenters. The van der Waals surface area contributed by atoms with Crippen LogP contribution in [0.1, 0.15) is 35.0 Å². The molecule has 0 fully saturated rings. The Morgan fingerprint density at radius 2 is 2.17 bits per heavy atom. The first-order chi connectivity index (χ1) is 11.1. The fourth-order valence-corrected chi connectivity index (χ4v) is 3.59. The summed E-state index contributed by atoms with van der Waals surface area (Å²) in [5, 5.41) is 12.9. The first-order valence-electron chi connectivity index (χ1n) is 7.57. The molecule has 2 aromatic heterocycles. The fraction of sp³-hybridized carbons (Fsp3) is 0.222. The Balaban J connectivity index is 2.10. The molecular formula is C18H18N2O2S. The maximum absolute atomic E-state index is 12.5. The van der Waals surface area contributed by atoms with E-state index in [9.17, 15) is 9.90 Å². The molecule has 118 valence electrons. The first-order valence-corrected chi connectivity index (χ1v) is 8.39. The Bertz CT molecular complexity index is 871. The van der Waals surface area contributed by atoms with Crippen molar-refractivity contribution in [3.8, 4) is 5.75 Å². The zero-order valence-corrected chi connectivity index (χ0v) is 13.9. The molecule has 0 amide bonds. The normalized spacial score (nSPS) is 10.9. The van der Waals surface area contributed by atoms with Crippen molar-refractivity contribution < 1.29 is 9.90 Å². The summed E-state index contributed by atoms with van der Waals surface area (Å²) in [6.07, 6.45) is 3.08. The van der Waals surface area contributed by atoms with Gasteiger partial charge < -0.3 is 10.4 Å². The highest BCUT2D eigenvalue weighted by Gasteiger charge is 2.19. The molecule has 0 aliphatic carbocycles. The van der Waals surface area contributed by atoms with Crippen molar-refractivity contribution >= 4 is 38.7 Å². The third-order valence-electron chi connectivity index (χ3n) is 3.65. The number of nitrogens with zero attached hydrogens (tertiary/aromatic N) is 1. The lowest BCUT2D eigenvalue weighted by molar-refractivity contribution is 0.0986. The summed E-state index contributed by atoms with van der Waals surface area (Å²) in [6.45, 7) is 3.91. The van der Waals surface area contributed by atoms with Crippen LogP contribution in [0.4, 0.5) is 11.4 Å². The minimum absolute atomic E-state index is 0.134. The second-order valence-corrected chi connectivity index (χ2v) is 6.51. The standard InChI is InChI=1S/C18H18N2O2S/c1-3-5-14(22)18-17(16-15(23-18)6-4-9-19-16)20-13-8-7-12(21)10-11(13)2/h4,6-10,20-21H,3,5H2,1-2H3. The van der Waals surface area contributed by atoms with Crippen LogP contribution in [-0.2, 0) is 0 Å². The molecule has 4 nitrogen and oxygen atoms in total. The van der Waals surface area contributed by atoms with Crippen LogP contribution in [0.3, 0.4) is 0 Å². The third-order valence-corrected chi connectivity index (χ3v) is 4.83. The lowest BCUT2D eigenvalue weighted by Gasteiger charge is -2.10. The van der Waals surface area contributed by atoms with Gasteiger partial charge in [-0.15, -0.1) is 11.3 Å². The van der Waals surface area contributed by atoms with Crippen LogP contribution in [0.2, 0.25) is 0 Å². The number of Topliss-reactive ketones (excluding diaryl/α,β-unsaturated/α-hetero) is 1. The quantitative estimate of drug-likeness (QED) is 0.509. The third kappa shape index (κ3) is 3.05. The van der Waals surface area contributed by atoms with Crippen molar-refractivity contribution in [1.29, 1.82) is 0 Å². The van der Waals surface area contributed by atoms with E-state index in [0.717, 1.165) is 33.6 Å². The second-order valence-electron chi connectivity index (χ2n) is 5.45. The molecule has 0 unspecified atom stereocenters. The van der Waals surface area contributed by atoms with Gasteiger partial charge in [-0.1, -0.05) is 6.92 Å². The number of carbonyl (C=O) groups is 1. The number of thiophene rings is 1. The molecule has 5 heteroatoms. The molecule has 23 heavy (non-hydrogen) atoms. The van der Waals surface area contributed by atoms with Crippen molar-refractivity contribution in [3.63, 3.8) is 0 Å². The summed E-state index contributed by atoms with van der Waals surface area (Å²) in [4.78, 5) is 17.6. The van der Waals surface area contributed by atoms with E-state index >= 15 is 0 Å². The van der Waals surface area contributed by atoms with Crippen LogP contribution in [0.15, 0.2) is 36.5 Å². The highest BCUT2D eigenvalue weighted by Crippen LogP contribution is 2.38.